The van der Waals surface area contributed by atoms with E-state index in [0.29, 0.717) is 16.1 Å². The Labute approximate surface area is 140 Å². The zero-order valence-electron chi connectivity index (χ0n) is 12.9. The summed E-state index contributed by atoms with van der Waals surface area (Å²) >= 11 is 5.78. The molecule has 2 aromatic carbocycles. The molecule has 0 saturated heterocycles. The molecular weight excluding hydrogens is 338 g/mol. The molecule has 23 heavy (non-hydrogen) atoms. The molecule has 7 heteroatoms. The molecule has 0 aliphatic rings. The van der Waals surface area contributed by atoms with Crippen LogP contribution in [0.3, 0.4) is 0 Å². The molecule has 5 nitrogen and oxygen atoms in total. The lowest BCUT2D eigenvalue weighted by molar-refractivity contribution is -0.502. The molecule has 0 N–H and O–H groups in total. The van der Waals surface area contributed by atoms with E-state index < -0.39 is 20.1 Å². The monoisotopic (exact) mass is 353 g/mol. The zero-order valence-corrected chi connectivity index (χ0v) is 14.5. The van der Waals surface area contributed by atoms with Crippen molar-refractivity contribution in [2.24, 2.45) is 0 Å². The molecule has 0 radical (unpaired) electrons. The molecule has 0 aliphatic heterocycles. The van der Waals surface area contributed by atoms with Crippen LogP contribution in [0.25, 0.3) is 0 Å². The van der Waals surface area contributed by atoms with Crippen molar-refractivity contribution in [1.82, 2.24) is 0 Å². The molecule has 2 rings (SSSR count). The first-order valence-corrected chi connectivity index (χ1v) is 8.77. The SMILES string of the molecule is Cc1cc(C)c(S(=O)(=O)C(c2ccc(Cl)cc2)[N+](=O)[O-])c(C)c1. The highest BCUT2D eigenvalue weighted by molar-refractivity contribution is 7.91. The van der Waals surface area contributed by atoms with Crippen LogP contribution in [0.15, 0.2) is 41.3 Å². The Morgan fingerprint density at radius 1 is 1.04 bits per heavy atom. The van der Waals surface area contributed by atoms with Crippen LogP contribution in [0.5, 0.6) is 0 Å². The van der Waals surface area contributed by atoms with Crippen molar-refractivity contribution in [3.63, 3.8) is 0 Å². The maximum Gasteiger partial charge on any atom is 0.339 e. The van der Waals surface area contributed by atoms with E-state index in [1.54, 1.807) is 26.0 Å². The summed E-state index contributed by atoms with van der Waals surface area (Å²) in [5.74, 6) is 0. The highest BCUT2D eigenvalue weighted by Crippen LogP contribution is 2.34. The van der Waals surface area contributed by atoms with Crippen LogP contribution in [0, 0.1) is 30.9 Å². The van der Waals surface area contributed by atoms with E-state index in [4.69, 9.17) is 11.6 Å². The van der Waals surface area contributed by atoms with Gasteiger partial charge in [0.2, 0.25) is 0 Å². The number of sulfone groups is 1. The predicted molar refractivity (Wildman–Crippen MR) is 89.0 cm³/mol. The van der Waals surface area contributed by atoms with Crippen molar-refractivity contribution in [2.45, 2.75) is 31.0 Å². The lowest BCUT2D eigenvalue weighted by Gasteiger charge is -2.15. The van der Waals surface area contributed by atoms with Crippen LogP contribution in [0.1, 0.15) is 27.6 Å². The first kappa shape index (κ1) is 17.4. The van der Waals surface area contributed by atoms with Crippen LogP contribution < -0.4 is 0 Å². The highest BCUT2D eigenvalue weighted by atomic mass is 35.5. The van der Waals surface area contributed by atoms with Crippen LogP contribution in [0.2, 0.25) is 5.02 Å². The number of hydrogen-bond donors (Lipinski definition) is 0. The number of benzene rings is 2. The second-order valence-electron chi connectivity index (χ2n) is 5.46. The second kappa shape index (κ2) is 6.29. The Bertz CT molecular complexity index is 837. The minimum absolute atomic E-state index is 0.0137. The highest BCUT2D eigenvalue weighted by Gasteiger charge is 2.41. The number of rotatable bonds is 4. The molecule has 0 bridgehead atoms. The minimum Gasteiger partial charge on any atom is -0.263 e. The molecular formula is C16H16ClNO4S. The Morgan fingerprint density at radius 3 is 1.96 bits per heavy atom. The normalized spacial score (nSPS) is 12.9. The Hall–Kier alpha value is -1.92. The molecule has 0 aliphatic carbocycles. The van der Waals surface area contributed by atoms with Gasteiger partial charge in [-0.1, -0.05) is 29.3 Å². The molecule has 1 unspecified atom stereocenters. The van der Waals surface area contributed by atoms with E-state index in [2.05, 4.69) is 0 Å². The fraction of sp³-hybridized carbons (Fsp3) is 0.250. The van der Waals surface area contributed by atoms with E-state index in [9.17, 15) is 18.5 Å². The number of nitro groups is 1. The summed E-state index contributed by atoms with van der Waals surface area (Å²) in [5.41, 5.74) is 1.99. The largest absolute Gasteiger partial charge is 0.339 e. The maximum absolute atomic E-state index is 12.9. The zero-order chi connectivity index (χ0) is 17.4. The third-order valence-electron chi connectivity index (χ3n) is 3.53. The summed E-state index contributed by atoms with van der Waals surface area (Å²) in [6, 6.07) is 9.03. The van der Waals surface area contributed by atoms with Gasteiger partial charge in [0.1, 0.15) is 0 Å². The summed E-state index contributed by atoms with van der Waals surface area (Å²) in [5, 5.41) is 10.0. The second-order valence-corrected chi connectivity index (χ2v) is 7.84. The topological polar surface area (TPSA) is 77.3 Å². The van der Waals surface area contributed by atoms with Gasteiger partial charge in [-0.2, -0.15) is 0 Å². The van der Waals surface area contributed by atoms with E-state index >= 15 is 0 Å². The lowest BCUT2D eigenvalue weighted by Crippen LogP contribution is -2.23. The van der Waals surface area contributed by atoms with Crippen molar-refractivity contribution >= 4 is 21.4 Å². The fourth-order valence-corrected chi connectivity index (χ4v) is 4.88. The van der Waals surface area contributed by atoms with Crippen LogP contribution >= 0.6 is 11.6 Å². The first-order valence-electron chi connectivity index (χ1n) is 6.85. The molecule has 0 saturated carbocycles. The van der Waals surface area contributed by atoms with Crippen LogP contribution in [-0.4, -0.2) is 13.3 Å². The van der Waals surface area contributed by atoms with Crippen molar-refractivity contribution in [3.05, 3.63) is 73.8 Å². The average Bonchev–Trinajstić information content (AvgIpc) is 2.38. The van der Waals surface area contributed by atoms with E-state index in [-0.39, 0.29) is 10.5 Å². The minimum atomic E-state index is -4.19. The number of halogens is 1. The lowest BCUT2D eigenvalue weighted by atomic mass is 10.1. The average molecular weight is 354 g/mol. The van der Waals surface area contributed by atoms with Crippen molar-refractivity contribution in [1.29, 1.82) is 0 Å². The molecule has 1 atom stereocenters. The van der Waals surface area contributed by atoms with Gasteiger partial charge in [0, 0.05) is 15.5 Å². The first-order chi connectivity index (χ1) is 10.6. The predicted octanol–water partition coefficient (Wildman–Crippen LogP) is 4.01. The molecule has 0 amide bonds. The van der Waals surface area contributed by atoms with Gasteiger partial charge in [-0.3, -0.25) is 10.1 Å². The van der Waals surface area contributed by atoms with E-state index in [0.717, 1.165) is 5.56 Å². The number of nitrogens with zero attached hydrogens (tertiary/aromatic N) is 1. The Morgan fingerprint density at radius 2 is 1.52 bits per heavy atom. The van der Waals surface area contributed by atoms with Gasteiger partial charge in [-0.15, -0.1) is 0 Å². The van der Waals surface area contributed by atoms with Crippen LogP contribution in [0.4, 0.5) is 0 Å². The van der Waals surface area contributed by atoms with E-state index in [1.807, 2.05) is 6.92 Å². The fourth-order valence-electron chi connectivity index (χ4n) is 2.77. The van der Waals surface area contributed by atoms with Crippen molar-refractivity contribution in [3.8, 4) is 0 Å². The standard InChI is InChI=1S/C16H16ClNO4S/c1-10-8-11(2)15(12(3)9-10)23(21,22)16(18(19)20)13-4-6-14(17)7-5-13/h4-9,16H,1-3H3. The van der Waals surface area contributed by atoms with E-state index in [1.165, 1.54) is 24.3 Å². The van der Waals surface area contributed by atoms with Gasteiger partial charge in [-0.25, -0.2) is 8.42 Å². The Balaban J connectivity index is 2.68. The third kappa shape index (κ3) is 3.38. The third-order valence-corrected chi connectivity index (χ3v) is 6.03. The number of aryl methyl sites for hydroxylation is 3. The van der Waals surface area contributed by atoms with Gasteiger partial charge in [0.15, 0.2) is 0 Å². The molecule has 0 aromatic heterocycles. The molecule has 0 spiro atoms. The summed E-state index contributed by atoms with van der Waals surface area (Å²) in [6.45, 7) is 5.14. The van der Waals surface area contributed by atoms with Gasteiger partial charge < -0.3 is 0 Å². The van der Waals surface area contributed by atoms with Crippen molar-refractivity contribution in [2.75, 3.05) is 0 Å². The van der Waals surface area contributed by atoms with Gasteiger partial charge >= 0.3 is 5.37 Å². The van der Waals surface area contributed by atoms with Gasteiger partial charge in [0.05, 0.1) is 4.90 Å². The van der Waals surface area contributed by atoms with Crippen LogP contribution in [-0.2, 0) is 9.84 Å². The Kier molecular flexibility index (Phi) is 4.77. The molecule has 122 valence electrons. The summed E-state index contributed by atoms with van der Waals surface area (Å²) in [4.78, 5) is 10.7. The maximum atomic E-state index is 12.9. The number of hydrogen-bond acceptors (Lipinski definition) is 4. The van der Waals surface area contributed by atoms with Crippen molar-refractivity contribution < 1.29 is 13.3 Å². The quantitative estimate of drug-likeness (QED) is 0.614. The summed E-state index contributed by atoms with van der Waals surface area (Å²) < 4.78 is 25.9. The molecule has 0 fully saturated rings. The van der Waals surface area contributed by atoms with Gasteiger partial charge in [-0.05, 0) is 56.2 Å². The molecule has 0 heterocycles. The molecule has 2 aromatic rings. The summed E-state index contributed by atoms with van der Waals surface area (Å²) in [7, 11) is -4.19. The van der Waals surface area contributed by atoms with Gasteiger partial charge in [0.25, 0.3) is 9.84 Å². The summed E-state index contributed by atoms with van der Waals surface area (Å²) in [6.07, 6.45) is 0. The smallest absolute Gasteiger partial charge is 0.263 e.